The minimum atomic E-state index is 0.435. The molecular weight excluding hydrogens is 184 g/mol. The standard InChI is InChI=1S/C13H18N2/c1-4-12(10-14-7-1)13-5-2-8-15(11-13)9-3-6-13/h1,4,7,10H,2-3,5-6,8-9,11H2. The quantitative estimate of drug-likeness (QED) is 0.694. The number of nitrogens with zero attached hydrogens (tertiary/aromatic N) is 2. The maximum Gasteiger partial charge on any atom is 0.0306 e. The lowest BCUT2D eigenvalue weighted by atomic mass is 9.69. The van der Waals surface area contributed by atoms with Gasteiger partial charge < -0.3 is 4.90 Å². The molecule has 2 aliphatic heterocycles. The molecule has 0 spiro atoms. The van der Waals surface area contributed by atoms with Crippen LogP contribution in [0.25, 0.3) is 0 Å². The smallest absolute Gasteiger partial charge is 0.0306 e. The fourth-order valence-corrected chi connectivity index (χ4v) is 3.32. The van der Waals surface area contributed by atoms with E-state index in [1.165, 1.54) is 50.9 Å². The first-order chi connectivity index (χ1) is 7.39. The fraction of sp³-hybridized carbons (Fsp3) is 0.615. The molecule has 0 radical (unpaired) electrons. The third-order valence-electron chi connectivity index (χ3n) is 4.06. The molecule has 2 aliphatic rings. The number of fused-ring (bicyclic) bond motifs is 2. The average molecular weight is 202 g/mol. The van der Waals surface area contributed by atoms with Crippen molar-refractivity contribution in [3.63, 3.8) is 0 Å². The van der Waals surface area contributed by atoms with Crippen LogP contribution in [0.15, 0.2) is 24.5 Å². The van der Waals surface area contributed by atoms with Gasteiger partial charge in [-0.05, 0) is 50.4 Å². The molecule has 15 heavy (non-hydrogen) atoms. The molecule has 0 aromatic carbocycles. The predicted molar refractivity (Wildman–Crippen MR) is 60.8 cm³/mol. The zero-order chi connectivity index (χ0) is 10.1. The summed E-state index contributed by atoms with van der Waals surface area (Å²) in [5.74, 6) is 0. The average Bonchev–Trinajstić information content (AvgIpc) is 2.30. The van der Waals surface area contributed by atoms with E-state index in [2.05, 4.69) is 28.2 Å². The molecule has 3 heterocycles. The maximum absolute atomic E-state index is 4.28. The Labute approximate surface area is 91.3 Å². The molecule has 2 fully saturated rings. The third kappa shape index (κ3) is 1.57. The summed E-state index contributed by atoms with van der Waals surface area (Å²) >= 11 is 0. The van der Waals surface area contributed by atoms with Gasteiger partial charge in [0, 0.05) is 24.4 Å². The van der Waals surface area contributed by atoms with Crippen LogP contribution in [0.3, 0.4) is 0 Å². The number of rotatable bonds is 1. The van der Waals surface area contributed by atoms with Gasteiger partial charge in [-0.2, -0.15) is 0 Å². The van der Waals surface area contributed by atoms with Crippen LogP contribution < -0.4 is 0 Å². The van der Waals surface area contributed by atoms with Crippen LogP contribution in [-0.4, -0.2) is 29.5 Å². The highest BCUT2D eigenvalue weighted by Crippen LogP contribution is 2.40. The molecule has 0 aliphatic carbocycles. The van der Waals surface area contributed by atoms with E-state index in [-0.39, 0.29) is 0 Å². The Morgan fingerprint density at radius 2 is 2.00 bits per heavy atom. The van der Waals surface area contributed by atoms with Gasteiger partial charge in [-0.3, -0.25) is 4.98 Å². The van der Waals surface area contributed by atoms with Gasteiger partial charge in [-0.15, -0.1) is 0 Å². The van der Waals surface area contributed by atoms with Crippen molar-refractivity contribution in [3.05, 3.63) is 30.1 Å². The van der Waals surface area contributed by atoms with Crippen molar-refractivity contribution in [1.82, 2.24) is 9.88 Å². The van der Waals surface area contributed by atoms with Gasteiger partial charge in [0.2, 0.25) is 0 Å². The highest BCUT2D eigenvalue weighted by molar-refractivity contribution is 5.24. The SMILES string of the molecule is c1cncc(C23CCCN(CCC2)C3)c1. The molecule has 2 nitrogen and oxygen atoms in total. The van der Waals surface area contributed by atoms with Crippen molar-refractivity contribution in [1.29, 1.82) is 0 Å². The number of aromatic nitrogens is 1. The Kier molecular flexibility index (Phi) is 2.24. The van der Waals surface area contributed by atoms with Gasteiger partial charge in [0.15, 0.2) is 0 Å². The van der Waals surface area contributed by atoms with Crippen molar-refractivity contribution in [2.45, 2.75) is 31.1 Å². The first kappa shape index (κ1) is 9.34. The molecule has 2 heteroatoms. The highest BCUT2D eigenvalue weighted by atomic mass is 15.1. The van der Waals surface area contributed by atoms with Crippen LogP contribution >= 0.6 is 0 Å². The lowest BCUT2D eigenvalue weighted by molar-refractivity contribution is 0.0940. The topological polar surface area (TPSA) is 16.1 Å². The van der Waals surface area contributed by atoms with Gasteiger partial charge >= 0.3 is 0 Å². The van der Waals surface area contributed by atoms with Crippen molar-refractivity contribution in [2.75, 3.05) is 19.6 Å². The van der Waals surface area contributed by atoms with Crippen LogP contribution in [0.2, 0.25) is 0 Å². The van der Waals surface area contributed by atoms with Crippen molar-refractivity contribution in [3.8, 4) is 0 Å². The zero-order valence-electron chi connectivity index (χ0n) is 9.15. The molecule has 0 atom stereocenters. The van der Waals surface area contributed by atoms with Crippen LogP contribution in [-0.2, 0) is 5.41 Å². The summed E-state index contributed by atoms with van der Waals surface area (Å²) in [5.41, 5.74) is 1.90. The summed E-state index contributed by atoms with van der Waals surface area (Å²) < 4.78 is 0. The summed E-state index contributed by atoms with van der Waals surface area (Å²) in [6, 6.07) is 4.35. The van der Waals surface area contributed by atoms with E-state index in [0.29, 0.717) is 5.41 Å². The summed E-state index contributed by atoms with van der Waals surface area (Å²) in [5, 5.41) is 0. The summed E-state index contributed by atoms with van der Waals surface area (Å²) in [7, 11) is 0. The van der Waals surface area contributed by atoms with Gasteiger partial charge in [0.25, 0.3) is 0 Å². The van der Waals surface area contributed by atoms with Gasteiger partial charge in [-0.1, -0.05) is 6.07 Å². The normalized spacial score (nSPS) is 35.1. The van der Waals surface area contributed by atoms with E-state index < -0.39 is 0 Å². The molecular formula is C13H18N2. The first-order valence-electron chi connectivity index (χ1n) is 6.02. The van der Waals surface area contributed by atoms with Crippen molar-refractivity contribution in [2.24, 2.45) is 0 Å². The molecule has 1 aromatic heterocycles. The molecule has 0 unspecified atom stereocenters. The number of hydrogen-bond donors (Lipinski definition) is 0. The van der Waals surface area contributed by atoms with Crippen molar-refractivity contribution >= 4 is 0 Å². The minimum absolute atomic E-state index is 0.435. The molecule has 80 valence electrons. The molecule has 0 amide bonds. The number of hydrogen-bond acceptors (Lipinski definition) is 2. The largest absolute Gasteiger partial charge is 0.302 e. The molecule has 2 saturated heterocycles. The summed E-state index contributed by atoms with van der Waals surface area (Å²) in [4.78, 5) is 6.91. The Morgan fingerprint density at radius 3 is 2.67 bits per heavy atom. The second-order valence-corrected chi connectivity index (χ2v) is 5.01. The van der Waals surface area contributed by atoms with E-state index in [1.807, 2.05) is 6.20 Å². The van der Waals surface area contributed by atoms with Crippen LogP contribution in [0.5, 0.6) is 0 Å². The summed E-state index contributed by atoms with van der Waals surface area (Å²) in [6.07, 6.45) is 9.38. The second kappa shape index (κ2) is 3.60. The van der Waals surface area contributed by atoms with Crippen LogP contribution in [0, 0.1) is 0 Å². The number of piperidine rings is 2. The molecule has 2 bridgehead atoms. The molecule has 0 saturated carbocycles. The maximum atomic E-state index is 4.28. The second-order valence-electron chi connectivity index (χ2n) is 5.01. The Balaban J connectivity index is 1.95. The van der Waals surface area contributed by atoms with E-state index in [0.717, 1.165) is 0 Å². The fourth-order valence-electron chi connectivity index (χ4n) is 3.32. The third-order valence-corrected chi connectivity index (χ3v) is 4.06. The van der Waals surface area contributed by atoms with E-state index in [9.17, 15) is 0 Å². The Bertz CT molecular complexity index is 324. The minimum Gasteiger partial charge on any atom is -0.302 e. The predicted octanol–water partition coefficient (Wildman–Crippen LogP) is 2.21. The van der Waals surface area contributed by atoms with Crippen molar-refractivity contribution < 1.29 is 0 Å². The van der Waals surface area contributed by atoms with Crippen LogP contribution in [0.1, 0.15) is 31.2 Å². The van der Waals surface area contributed by atoms with Crippen LogP contribution in [0.4, 0.5) is 0 Å². The molecule has 3 rings (SSSR count). The lowest BCUT2D eigenvalue weighted by Gasteiger charge is -2.47. The Hall–Kier alpha value is -0.890. The monoisotopic (exact) mass is 202 g/mol. The van der Waals surface area contributed by atoms with Gasteiger partial charge in [0.1, 0.15) is 0 Å². The lowest BCUT2D eigenvalue weighted by Crippen LogP contribution is -2.50. The van der Waals surface area contributed by atoms with Gasteiger partial charge in [0.05, 0.1) is 0 Å². The molecule has 1 aromatic rings. The first-order valence-corrected chi connectivity index (χ1v) is 6.02. The Morgan fingerprint density at radius 1 is 1.20 bits per heavy atom. The van der Waals surface area contributed by atoms with E-state index >= 15 is 0 Å². The van der Waals surface area contributed by atoms with E-state index in [4.69, 9.17) is 0 Å². The van der Waals surface area contributed by atoms with E-state index in [1.54, 1.807) is 0 Å². The zero-order valence-corrected chi connectivity index (χ0v) is 9.15. The molecule has 0 N–H and O–H groups in total. The summed E-state index contributed by atoms with van der Waals surface area (Å²) in [6.45, 7) is 3.88. The van der Waals surface area contributed by atoms with Gasteiger partial charge in [-0.25, -0.2) is 0 Å². The number of pyridine rings is 1. The highest BCUT2D eigenvalue weighted by Gasteiger charge is 2.39.